The minimum atomic E-state index is 0.00981. The molecule has 0 saturated carbocycles. The van der Waals surface area contributed by atoms with Gasteiger partial charge in [-0.25, -0.2) is 4.39 Å². The Morgan fingerprint density at radius 2 is 1.80 bits per heavy atom. The summed E-state index contributed by atoms with van der Waals surface area (Å²) in [5, 5.41) is 0. The molecule has 0 spiro atoms. The van der Waals surface area contributed by atoms with Gasteiger partial charge in [-0.2, -0.15) is 0 Å². The van der Waals surface area contributed by atoms with Crippen LogP contribution in [-0.4, -0.2) is 0 Å². The Hall–Kier alpha value is -0.590. The molecule has 0 aromatic rings. The van der Waals surface area contributed by atoms with Crippen molar-refractivity contribution in [2.45, 2.75) is 33.6 Å². The Labute approximate surface area is 62.4 Å². The lowest BCUT2D eigenvalue weighted by Gasteiger charge is -2.02. The molecule has 0 aromatic heterocycles. The molecule has 1 aliphatic carbocycles. The van der Waals surface area contributed by atoms with Crippen LogP contribution in [0, 0.1) is 0 Å². The molecule has 0 N–H and O–H groups in total. The molecule has 0 bridgehead atoms. The third kappa shape index (κ3) is 3.44. The van der Waals surface area contributed by atoms with E-state index < -0.39 is 0 Å². The summed E-state index contributed by atoms with van der Waals surface area (Å²) in [5.41, 5.74) is 1.27. The molecule has 0 heterocycles. The molecule has 0 radical (unpaired) electrons. The van der Waals surface area contributed by atoms with Crippen LogP contribution in [-0.2, 0) is 0 Å². The second-order valence-electron chi connectivity index (χ2n) is 2.13. The van der Waals surface area contributed by atoms with Crippen molar-refractivity contribution in [1.82, 2.24) is 0 Å². The van der Waals surface area contributed by atoms with E-state index >= 15 is 0 Å². The van der Waals surface area contributed by atoms with Gasteiger partial charge in [0, 0.05) is 6.42 Å². The minimum Gasteiger partial charge on any atom is -0.212 e. The second kappa shape index (κ2) is 5.21. The normalized spacial score (nSPS) is 16.4. The summed E-state index contributed by atoms with van der Waals surface area (Å²) >= 11 is 0. The lowest BCUT2D eigenvalue weighted by atomic mass is 10.1. The van der Waals surface area contributed by atoms with Crippen LogP contribution in [0.2, 0.25) is 0 Å². The topological polar surface area (TPSA) is 0 Å². The zero-order chi connectivity index (χ0) is 7.98. The van der Waals surface area contributed by atoms with Crippen LogP contribution in [0.3, 0.4) is 0 Å². The predicted octanol–water partition coefficient (Wildman–Crippen LogP) is 3.61. The average Bonchev–Trinajstić information content (AvgIpc) is 2.00. The summed E-state index contributed by atoms with van der Waals surface area (Å²) in [7, 11) is 0. The molecule has 1 aliphatic rings. The Balaban J connectivity index is 0.000000371. The van der Waals surface area contributed by atoms with Crippen LogP contribution in [0.25, 0.3) is 0 Å². The molecule has 10 heavy (non-hydrogen) atoms. The van der Waals surface area contributed by atoms with E-state index in [0.29, 0.717) is 6.42 Å². The number of hydrogen-bond donors (Lipinski definition) is 0. The van der Waals surface area contributed by atoms with Crippen LogP contribution in [0.1, 0.15) is 33.6 Å². The molecule has 0 fully saturated rings. The van der Waals surface area contributed by atoms with Crippen LogP contribution in [0.4, 0.5) is 4.39 Å². The molecule has 0 aromatic carbocycles. The summed E-state index contributed by atoms with van der Waals surface area (Å²) in [6.07, 6.45) is 4.86. The van der Waals surface area contributed by atoms with Crippen molar-refractivity contribution in [3.8, 4) is 0 Å². The molecule has 1 rings (SSSR count). The van der Waals surface area contributed by atoms with E-state index in [0.717, 1.165) is 6.42 Å². The highest BCUT2D eigenvalue weighted by molar-refractivity contribution is 5.18. The molecular weight excluding hydrogens is 127 g/mol. The van der Waals surface area contributed by atoms with Crippen LogP contribution in [0.15, 0.2) is 23.6 Å². The first kappa shape index (κ1) is 9.41. The minimum absolute atomic E-state index is 0.00981. The second-order valence-corrected chi connectivity index (χ2v) is 2.13. The Bertz CT molecular complexity index is 125. The third-order valence-corrected chi connectivity index (χ3v) is 1.31. The largest absolute Gasteiger partial charge is 0.212 e. The fourth-order valence-electron chi connectivity index (χ4n) is 0.716. The van der Waals surface area contributed by atoms with Gasteiger partial charge in [0.15, 0.2) is 0 Å². The van der Waals surface area contributed by atoms with Gasteiger partial charge in [-0.1, -0.05) is 25.5 Å². The smallest absolute Gasteiger partial charge is 0.100 e. The first-order valence-corrected chi connectivity index (χ1v) is 3.81. The molecule has 58 valence electrons. The van der Waals surface area contributed by atoms with Crippen LogP contribution in [0.5, 0.6) is 0 Å². The van der Waals surface area contributed by atoms with Crippen LogP contribution < -0.4 is 0 Å². The summed E-state index contributed by atoms with van der Waals surface area (Å²) in [5.74, 6) is 0.00981. The van der Waals surface area contributed by atoms with E-state index in [9.17, 15) is 4.39 Å². The fraction of sp³-hybridized carbons (Fsp3) is 0.556. The maximum atomic E-state index is 12.2. The van der Waals surface area contributed by atoms with Gasteiger partial charge in [0.2, 0.25) is 0 Å². The Kier molecular flexibility index (Phi) is 4.91. The fourth-order valence-corrected chi connectivity index (χ4v) is 0.716. The molecule has 0 unspecified atom stereocenters. The Morgan fingerprint density at radius 1 is 1.20 bits per heavy atom. The molecule has 0 amide bonds. The highest BCUT2D eigenvalue weighted by Gasteiger charge is 1.99. The SMILES string of the molecule is CC.CC1=CC=C(F)CC1. The van der Waals surface area contributed by atoms with Crippen molar-refractivity contribution < 1.29 is 4.39 Å². The molecule has 0 saturated heterocycles. The van der Waals surface area contributed by atoms with Crippen molar-refractivity contribution in [3.63, 3.8) is 0 Å². The molecule has 0 aliphatic heterocycles. The van der Waals surface area contributed by atoms with Gasteiger partial charge < -0.3 is 0 Å². The zero-order valence-corrected chi connectivity index (χ0v) is 6.95. The van der Waals surface area contributed by atoms with Gasteiger partial charge in [0.25, 0.3) is 0 Å². The van der Waals surface area contributed by atoms with Gasteiger partial charge >= 0.3 is 0 Å². The monoisotopic (exact) mass is 142 g/mol. The first-order valence-electron chi connectivity index (χ1n) is 3.81. The quantitative estimate of drug-likeness (QED) is 0.484. The summed E-state index contributed by atoms with van der Waals surface area (Å²) in [6, 6.07) is 0. The standard InChI is InChI=1S/C7H9F.C2H6/c1-6-2-4-7(8)5-3-6;1-2/h2,4H,3,5H2,1H3;1-2H3. The van der Waals surface area contributed by atoms with E-state index in [1.807, 2.05) is 26.8 Å². The maximum Gasteiger partial charge on any atom is 0.100 e. The zero-order valence-electron chi connectivity index (χ0n) is 6.95. The molecular formula is C9H15F. The van der Waals surface area contributed by atoms with Gasteiger partial charge in [0.05, 0.1) is 0 Å². The van der Waals surface area contributed by atoms with Crippen molar-refractivity contribution >= 4 is 0 Å². The maximum absolute atomic E-state index is 12.2. The highest BCUT2D eigenvalue weighted by atomic mass is 19.1. The first-order chi connectivity index (χ1) is 4.79. The molecule has 0 nitrogen and oxygen atoms in total. The Morgan fingerprint density at radius 3 is 2.10 bits per heavy atom. The van der Waals surface area contributed by atoms with E-state index in [4.69, 9.17) is 0 Å². The van der Waals surface area contributed by atoms with Crippen molar-refractivity contribution in [3.05, 3.63) is 23.6 Å². The van der Waals surface area contributed by atoms with Gasteiger partial charge in [-0.15, -0.1) is 0 Å². The number of allylic oxidation sites excluding steroid dienone is 4. The average molecular weight is 142 g/mol. The summed E-state index contributed by atoms with van der Waals surface area (Å²) in [6.45, 7) is 6.02. The number of halogens is 1. The highest BCUT2D eigenvalue weighted by Crippen LogP contribution is 2.17. The van der Waals surface area contributed by atoms with Gasteiger partial charge in [-0.05, 0) is 19.4 Å². The number of rotatable bonds is 0. The van der Waals surface area contributed by atoms with Crippen LogP contribution >= 0.6 is 0 Å². The molecule has 1 heteroatoms. The van der Waals surface area contributed by atoms with E-state index in [1.54, 1.807) is 6.08 Å². The van der Waals surface area contributed by atoms with Gasteiger partial charge in [-0.3, -0.25) is 0 Å². The third-order valence-electron chi connectivity index (χ3n) is 1.31. The summed E-state index contributed by atoms with van der Waals surface area (Å²) < 4.78 is 12.2. The lowest BCUT2D eigenvalue weighted by molar-refractivity contribution is 0.582. The van der Waals surface area contributed by atoms with E-state index in [1.165, 1.54) is 5.57 Å². The van der Waals surface area contributed by atoms with Gasteiger partial charge in [0.1, 0.15) is 5.83 Å². The predicted molar refractivity (Wildman–Crippen MR) is 43.5 cm³/mol. The summed E-state index contributed by atoms with van der Waals surface area (Å²) in [4.78, 5) is 0. The van der Waals surface area contributed by atoms with Crippen molar-refractivity contribution in [2.75, 3.05) is 0 Å². The van der Waals surface area contributed by atoms with Crippen molar-refractivity contribution in [2.24, 2.45) is 0 Å². The lowest BCUT2D eigenvalue weighted by Crippen LogP contribution is -1.84. The van der Waals surface area contributed by atoms with E-state index in [-0.39, 0.29) is 5.83 Å². The van der Waals surface area contributed by atoms with Crippen molar-refractivity contribution in [1.29, 1.82) is 0 Å². The van der Waals surface area contributed by atoms with E-state index in [2.05, 4.69) is 0 Å². The molecule has 0 atom stereocenters. The number of hydrogen-bond acceptors (Lipinski definition) is 0.